The van der Waals surface area contributed by atoms with Gasteiger partial charge in [0.2, 0.25) is 0 Å². The predicted octanol–water partition coefficient (Wildman–Crippen LogP) is 2.36. The second-order valence-electron chi connectivity index (χ2n) is 6.91. The number of aliphatic hydroxyl groups excluding tert-OH is 1. The van der Waals surface area contributed by atoms with Gasteiger partial charge >= 0.3 is 6.09 Å². The number of carbonyl (C=O) groups is 1. The number of amides is 1. The maximum absolute atomic E-state index is 11.6. The van der Waals surface area contributed by atoms with Crippen molar-refractivity contribution in [1.29, 1.82) is 0 Å². The average Bonchev–Trinajstić information content (AvgIpc) is 2.53. The molecule has 1 unspecified atom stereocenters. The third-order valence-electron chi connectivity index (χ3n) is 3.25. The molecular formula is C18H37NO6. The van der Waals surface area contributed by atoms with Crippen LogP contribution in [0.1, 0.15) is 47.0 Å². The Labute approximate surface area is 152 Å². The third-order valence-corrected chi connectivity index (χ3v) is 3.25. The minimum atomic E-state index is -0.525. The van der Waals surface area contributed by atoms with Crippen LogP contribution in [-0.2, 0) is 18.9 Å². The second-order valence-corrected chi connectivity index (χ2v) is 6.91. The Morgan fingerprint density at radius 2 is 1.56 bits per heavy atom. The van der Waals surface area contributed by atoms with Crippen LogP contribution in [0.25, 0.3) is 0 Å². The molecule has 0 rings (SSSR count). The Balaban J connectivity index is 3.50. The Morgan fingerprint density at radius 1 is 1.00 bits per heavy atom. The Kier molecular flexibility index (Phi) is 14.8. The summed E-state index contributed by atoms with van der Waals surface area (Å²) in [6.07, 6.45) is 2.41. The van der Waals surface area contributed by atoms with Crippen molar-refractivity contribution >= 4 is 6.09 Å². The molecule has 0 radical (unpaired) electrons. The van der Waals surface area contributed by atoms with E-state index >= 15 is 0 Å². The van der Waals surface area contributed by atoms with Crippen LogP contribution in [0.15, 0.2) is 0 Å². The normalized spacial score (nSPS) is 12.8. The fraction of sp³-hybridized carbons (Fsp3) is 0.944. The standard InChI is InChI=1S/C18H37NO6/c1-5-6-8-22-10-12-24-13-11-23-9-7-16(15-20)14-19-17(21)25-18(2,3)4/h16,20H,5-15H2,1-4H3,(H,19,21). The lowest BCUT2D eigenvalue weighted by atomic mass is 10.1. The largest absolute Gasteiger partial charge is 0.444 e. The fourth-order valence-electron chi connectivity index (χ4n) is 1.84. The SMILES string of the molecule is CCCCOCCOCCOCCC(CO)CNC(=O)OC(C)(C)C. The number of hydrogen-bond donors (Lipinski definition) is 2. The quantitative estimate of drug-likeness (QED) is 0.434. The molecule has 0 saturated carbocycles. The number of carbonyl (C=O) groups excluding carboxylic acids is 1. The molecule has 2 N–H and O–H groups in total. The number of alkyl carbamates (subject to hydrolysis) is 1. The summed E-state index contributed by atoms with van der Waals surface area (Å²) < 4.78 is 21.4. The summed E-state index contributed by atoms with van der Waals surface area (Å²) in [6, 6.07) is 0. The van der Waals surface area contributed by atoms with Gasteiger partial charge in [0, 0.05) is 32.3 Å². The van der Waals surface area contributed by atoms with Gasteiger partial charge in [0.05, 0.1) is 26.4 Å². The monoisotopic (exact) mass is 363 g/mol. The zero-order valence-corrected chi connectivity index (χ0v) is 16.3. The lowest BCUT2D eigenvalue weighted by Gasteiger charge is -2.21. The summed E-state index contributed by atoms with van der Waals surface area (Å²) in [5.74, 6) is -0.0552. The second kappa shape index (κ2) is 15.4. The van der Waals surface area contributed by atoms with Gasteiger partial charge in [0.25, 0.3) is 0 Å². The molecule has 0 aromatic rings. The number of unbranched alkanes of at least 4 members (excludes halogenated alkanes) is 1. The molecular weight excluding hydrogens is 326 g/mol. The summed E-state index contributed by atoms with van der Waals surface area (Å²) in [5, 5.41) is 12.0. The molecule has 25 heavy (non-hydrogen) atoms. The van der Waals surface area contributed by atoms with Crippen LogP contribution < -0.4 is 5.32 Å². The molecule has 0 heterocycles. The topological polar surface area (TPSA) is 86.3 Å². The van der Waals surface area contributed by atoms with E-state index in [0.29, 0.717) is 46.0 Å². The Hall–Kier alpha value is -0.890. The van der Waals surface area contributed by atoms with Crippen LogP contribution in [0.4, 0.5) is 4.79 Å². The minimum absolute atomic E-state index is 0.00917. The van der Waals surface area contributed by atoms with Gasteiger partial charge in [-0.2, -0.15) is 0 Å². The highest BCUT2D eigenvalue weighted by Gasteiger charge is 2.17. The molecule has 0 aromatic heterocycles. The molecule has 0 aliphatic carbocycles. The van der Waals surface area contributed by atoms with E-state index in [9.17, 15) is 9.90 Å². The van der Waals surface area contributed by atoms with Crippen LogP contribution >= 0.6 is 0 Å². The molecule has 150 valence electrons. The van der Waals surface area contributed by atoms with Crippen molar-refractivity contribution in [3.8, 4) is 0 Å². The van der Waals surface area contributed by atoms with Gasteiger partial charge in [-0.05, 0) is 33.6 Å². The van der Waals surface area contributed by atoms with Gasteiger partial charge in [-0.15, -0.1) is 0 Å². The molecule has 0 bridgehead atoms. The van der Waals surface area contributed by atoms with Crippen molar-refractivity contribution in [1.82, 2.24) is 5.32 Å². The van der Waals surface area contributed by atoms with Crippen molar-refractivity contribution in [3.05, 3.63) is 0 Å². The number of rotatable bonds is 15. The molecule has 0 saturated heterocycles. The number of nitrogens with one attached hydrogen (secondary N) is 1. The summed E-state index contributed by atoms with van der Waals surface area (Å²) in [5.41, 5.74) is -0.525. The summed E-state index contributed by atoms with van der Waals surface area (Å²) in [4.78, 5) is 11.6. The maximum atomic E-state index is 11.6. The lowest BCUT2D eigenvalue weighted by molar-refractivity contribution is 0.0104. The van der Waals surface area contributed by atoms with E-state index in [-0.39, 0.29) is 12.5 Å². The highest BCUT2D eigenvalue weighted by molar-refractivity contribution is 5.67. The first-order valence-electron chi connectivity index (χ1n) is 9.20. The van der Waals surface area contributed by atoms with Gasteiger partial charge in [0.1, 0.15) is 5.60 Å². The number of aliphatic hydroxyl groups is 1. The first-order chi connectivity index (χ1) is 11.9. The predicted molar refractivity (Wildman–Crippen MR) is 96.8 cm³/mol. The molecule has 7 nitrogen and oxygen atoms in total. The number of ether oxygens (including phenoxy) is 4. The molecule has 0 aliphatic rings. The first-order valence-corrected chi connectivity index (χ1v) is 9.20. The molecule has 7 heteroatoms. The molecule has 0 spiro atoms. The molecule has 1 atom stereocenters. The third kappa shape index (κ3) is 17.7. The zero-order chi connectivity index (χ0) is 19.0. The Morgan fingerprint density at radius 3 is 2.08 bits per heavy atom. The summed E-state index contributed by atoms with van der Waals surface area (Å²) in [6.45, 7) is 11.4. The van der Waals surface area contributed by atoms with Crippen molar-refractivity contribution in [2.24, 2.45) is 5.92 Å². The van der Waals surface area contributed by atoms with Crippen LogP contribution in [-0.4, -0.2) is 69.6 Å². The highest BCUT2D eigenvalue weighted by atomic mass is 16.6. The van der Waals surface area contributed by atoms with Crippen molar-refractivity contribution < 1.29 is 28.8 Å². The molecule has 1 amide bonds. The summed E-state index contributed by atoms with van der Waals surface area (Å²) >= 11 is 0. The summed E-state index contributed by atoms with van der Waals surface area (Å²) in [7, 11) is 0. The van der Waals surface area contributed by atoms with Crippen LogP contribution in [0, 0.1) is 5.92 Å². The fourth-order valence-corrected chi connectivity index (χ4v) is 1.84. The minimum Gasteiger partial charge on any atom is -0.444 e. The van der Waals surface area contributed by atoms with Crippen LogP contribution in [0.5, 0.6) is 0 Å². The van der Waals surface area contributed by atoms with E-state index in [2.05, 4.69) is 12.2 Å². The van der Waals surface area contributed by atoms with Gasteiger partial charge in [-0.25, -0.2) is 4.79 Å². The number of hydrogen-bond acceptors (Lipinski definition) is 6. The first kappa shape index (κ1) is 24.1. The van der Waals surface area contributed by atoms with E-state index in [1.165, 1.54) is 0 Å². The van der Waals surface area contributed by atoms with E-state index < -0.39 is 11.7 Å². The van der Waals surface area contributed by atoms with E-state index in [1.54, 1.807) is 0 Å². The van der Waals surface area contributed by atoms with Crippen molar-refractivity contribution in [2.45, 2.75) is 52.6 Å². The van der Waals surface area contributed by atoms with Gasteiger partial charge < -0.3 is 29.4 Å². The highest BCUT2D eigenvalue weighted by Crippen LogP contribution is 2.07. The lowest BCUT2D eigenvalue weighted by Crippen LogP contribution is -2.36. The van der Waals surface area contributed by atoms with Gasteiger partial charge in [-0.1, -0.05) is 13.3 Å². The maximum Gasteiger partial charge on any atom is 0.407 e. The van der Waals surface area contributed by atoms with Crippen molar-refractivity contribution in [3.63, 3.8) is 0 Å². The molecule has 0 aliphatic heterocycles. The van der Waals surface area contributed by atoms with Crippen LogP contribution in [0.2, 0.25) is 0 Å². The Bertz CT molecular complexity index is 319. The van der Waals surface area contributed by atoms with E-state index in [4.69, 9.17) is 18.9 Å². The van der Waals surface area contributed by atoms with E-state index in [0.717, 1.165) is 19.4 Å². The average molecular weight is 363 g/mol. The van der Waals surface area contributed by atoms with Gasteiger partial charge in [-0.3, -0.25) is 0 Å². The van der Waals surface area contributed by atoms with Gasteiger partial charge in [0.15, 0.2) is 0 Å². The van der Waals surface area contributed by atoms with Crippen LogP contribution in [0.3, 0.4) is 0 Å². The zero-order valence-electron chi connectivity index (χ0n) is 16.3. The molecule has 0 fully saturated rings. The smallest absolute Gasteiger partial charge is 0.407 e. The van der Waals surface area contributed by atoms with Crippen molar-refractivity contribution in [2.75, 3.05) is 52.8 Å². The van der Waals surface area contributed by atoms with E-state index in [1.807, 2.05) is 20.8 Å². The molecule has 0 aromatic carbocycles.